The van der Waals surface area contributed by atoms with Crippen molar-refractivity contribution in [3.63, 3.8) is 0 Å². The van der Waals surface area contributed by atoms with Crippen LogP contribution in [0.15, 0.2) is 42.6 Å². The highest BCUT2D eigenvalue weighted by molar-refractivity contribution is 6.29. The highest BCUT2D eigenvalue weighted by Gasteiger charge is 2.07. The molecule has 0 atom stereocenters. The molecule has 1 aromatic heterocycles. The molecule has 2 rings (SSSR count). The van der Waals surface area contributed by atoms with Gasteiger partial charge in [-0.25, -0.2) is 4.98 Å². The third kappa shape index (κ3) is 3.39. The second-order valence-corrected chi connectivity index (χ2v) is 4.34. The molecule has 0 saturated heterocycles. The Bertz CT molecular complexity index is 624. The molecule has 0 spiro atoms. The number of nitrogens with one attached hydrogen (secondary N) is 1. The summed E-state index contributed by atoms with van der Waals surface area (Å²) in [6, 6.07) is 9.75. The first-order valence-corrected chi connectivity index (χ1v) is 5.98. The predicted octanol–water partition coefficient (Wildman–Crippen LogP) is 3.19. The monoisotopic (exact) mass is 274 g/mol. The molecule has 1 amide bonds. The Morgan fingerprint density at radius 3 is 2.37 bits per heavy atom. The number of aromatic nitrogens is 1. The van der Waals surface area contributed by atoms with Crippen LogP contribution >= 0.6 is 11.6 Å². The summed E-state index contributed by atoms with van der Waals surface area (Å²) in [6.45, 7) is 1.49. The van der Waals surface area contributed by atoms with Crippen LogP contribution < -0.4 is 5.32 Å². The number of amides is 1. The minimum atomic E-state index is -0.278. The Hall–Kier alpha value is -2.20. The number of anilines is 1. The van der Waals surface area contributed by atoms with E-state index < -0.39 is 0 Å². The van der Waals surface area contributed by atoms with E-state index in [-0.39, 0.29) is 16.8 Å². The highest BCUT2D eigenvalue weighted by atomic mass is 35.5. The minimum Gasteiger partial charge on any atom is -0.322 e. The zero-order chi connectivity index (χ0) is 13.8. The highest BCUT2D eigenvalue weighted by Crippen LogP contribution is 2.13. The fourth-order valence-electron chi connectivity index (χ4n) is 1.54. The van der Waals surface area contributed by atoms with Crippen LogP contribution in [0.3, 0.4) is 0 Å². The SMILES string of the molecule is CC(=O)c1ccc(NC(=O)c2ccnc(Cl)c2)cc1. The van der Waals surface area contributed by atoms with E-state index in [1.807, 2.05) is 0 Å². The molecule has 0 radical (unpaired) electrons. The average molecular weight is 275 g/mol. The van der Waals surface area contributed by atoms with E-state index in [2.05, 4.69) is 10.3 Å². The molecule has 5 heteroatoms. The smallest absolute Gasteiger partial charge is 0.255 e. The van der Waals surface area contributed by atoms with Gasteiger partial charge in [0.15, 0.2) is 5.78 Å². The number of halogens is 1. The summed E-state index contributed by atoms with van der Waals surface area (Å²) < 4.78 is 0. The summed E-state index contributed by atoms with van der Waals surface area (Å²) in [4.78, 5) is 26.9. The van der Waals surface area contributed by atoms with Gasteiger partial charge in [0, 0.05) is 23.0 Å². The molecule has 0 unspecified atom stereocenters. The molecular formula is C14H11ClN2O2. The maximum absolute atomic E-state index is 11.9. The lowest BCUT2D eigenvalue weighted by Crippen LogP contribution is -2.12. The molecule has 4 nitrogen and oxygen atoms in total. The lowest BCUT2D eigenvalue weighted by molar-refractivity contribution is 0.101. The van der Waals surface area contributed by atoms with Gasteiger partial charge in [-0.3, -0.25) is 9.59 Å². The van der Waals surface area contributed by atoms with Crippen molar-refractivity contribution in [3.8, 4) is 0 Å². The summed E-state index contributed by atoms with van der Waals surface area (Å²) >= 11 is 5.72. The van der Waals surface area contributed by atoms with E-state index in [1.54, 1.807) is 30.3 Å². The summed E-state index contributed by atoms with van der Waals surface area (Å²) in [6.07, 6.45) is 1.47. The standard InChI is InChI=1S/C14H11ClN2O2/c1-9(18)10-2-4-12(5-3-10)17-14(19)11-6-7-16-13(15)8-11/h2-8H,1H3,(H,17,19). The first-order chi connectivity index (χ1) is 9.06. The number of pyridine rings is 1. The number of carbonyl (C=O) groups is 2. The molecule has 1 N–H and O–H groups in total. The molecule has 0 aliphatic heterocycles. The normalized spacial score (nSPS) is 10.0. The number of benzene rings is 1. The Morgan fingerprint density at radius 1 is 1.11 bits per heavy atom. The molecule has 0 fully saturated rings. The lowest BCUT2D eigenvalue weighted by atomic mass is 10.1. The van der Waals surface area contributed by atoms with Gasteiger partial charge in [0.1, 0.15) is 5.15 Å². The van der Waals surface area contributed by atoms with Crippen molar-refractivity contribution in [2.24, 2.45) is 0 Å². The van der Waals surface area contributed by atoms with Gasteiger partial charge in [0.25, 0.3) is 5.91 Å². The molecule has 19 heavy (non-hydrogen) atoms. The molecule has 96 valence electrons. The Morgan fingerprint density at radius 2 is 1.79 bits per heavy atom. The van der Waals surface area contributed by atoms with E-state index in [9.17, 15) is 9.59 Å². The third-order valence-electron chi connectivity index (χ3n) is 2.54. The number of rotatable bonds is 3. The molecular weight excluding hydrogens is 264 g/mol. The van der Waals surface area contributed by atoms with Crippen LogP contribution in [0.4, 0.5) is 5.69 Å². The van der Waals surface area contributed by atoms with Gasteiger partial charge >= 0.3 is 0 Å². The maximum Gasteiger partial charge on any atom is 0.255 e. The molecule has 0 bridgehead atoms. The Kier molecular flexibility index (Phi) is 3.92. The summed E-state index contributed by atoms with van der Waals surface area (Å²) in [5.74, 6) is -0.293. The second-order valence-electron chi connectivity index (χ2n) is 3.95. The van der Waals surface area contributed by atoms with Crippen molar-refractivity contribution < 1.29 is 9.59 Å². The summed E-state index contributed by atoms with van der Waals surface area (Å²) in [5, 5.41) is 2.98. The van der Waals surface area contributed by atoms with Crippen molar-refractivity contribution in [1.82, 2.24) is 4.98 Å². The molecule has 0 aliphatic carbocycles. The molecule has 1 aromatic carbocycles. The van der Waals surface area contributed by atoms with Crippen molar-refractivity contribution in [2.75, 3.05) is 5.32 Å². The van der Waals surface area contributed by atoms with Crippen LogP contribution in [0, 0.1) is 0 Å². The first-order valence-electron chi connectivity index (χ1n) is 5.60. The molecule has 0 aliphatic rings. The van der Waals surface area contributed by atoms with Crippen LogP contribution in [-0.4, -0.2) is 16.7 Å². The zero-order valence-corrected chi connectivity index (χ0v) is 10.9. The lowest BCUT2D eigenvalue weighted by Gasteiger charge is -2.05. The van der Waals surface area contributed by atoms with Gasteiger partial charge < -0.3 is 5.32 Å². The van der Waals surface area contributed by atoms with Gasteiger partial charge in [0.05, 0.1) is 0 Å². The van der Waals surface area contributed by atoms with E-state index in [1.165, 1.54) is 19.2 Å². The number of ketones is 1. The molecule has 1 heterocycles. The van der Waals surface area contributed by atoms with Gasteiger partial charge in [-0.2, -0.15) is 0 Å². The Balaban J connectivity index is 2.13. The van der Waals surface area contributed by atoms with Crippen molar-refractivity contribution in [3.05, 3.63) is 58.9 Å². The number of hydrogen-bond donors (Lipinski definition) is 1. The van der Waals surface area contributed by atoms with E-state index in [4.69, 9.17) is 11.6 Å². The minimum absolute atomic E-state index is 0.0150. The second kappa shape index (κ2) is 5.63. The average Bonchev–Trinajstić information content (AvgIpc) is 2.39. The van der Waals surface area contributed by atoms with Crippen LogP contribution in [0.2, 0.25) is 5.15 Å². The maximum atomic E-state index is 11.9. The number of carbonyl (C=O) groups excluding carboxylic acids is 2. The van der Waals surface area contributed by atoms with Crippen molar-refractivity contribution in [2.45, 2.75) is 6.92 Å². The fraction of sp³-hybridized carbons (Fsp3) is 0.0714. The quantitative estimate of drug-likeness (QED) is 0.691. The first kappa shape index (κ1) is 13.2. The van der Waals surface area contributed by atoms with Crippen LogP contribution in [0.1, 0.15) is 27.6 Å². The molecule has 0 saturated carbocycles. The third-order valence-corrected chi connectivity index (χ3v) is 2.74. The van der Waals surface area contributed by atoms with E-state index in [0.29, 0.717) is 16.8 Å². The van der Waals surface area contributed by atoms with Crippen LogP contribution in [0.5, 0.6) is 0 Å². The van der Waals surface area contributed by atoms with E-state index >= 15 is 0 Å². The van der Waals surface area contributed by atoms with Crippen LogP contribution in [-0.2, 0) is 0 Å². The number of Topliss-reactive ketones (excluding diaryl/α,β-unsaturated/α-hetero) is 1. The van der Waals surface area contributed by atoms with Gasteiger partial charge in [-0.1, -0.05) is 11.6 Å². The largest absolute Gasteiger partial charge is 0.322 e. The van der Waals surface area contributed by atoms with Crippen LogP contribution in [0.25, 0.3) is 0 Å². The van der Waals surface area contributed by atoms with Gasteiger partial charge in [-0.15, -0.1) is 0 Å². The van der Waals surface area contributed by atoms with Gasteiger partial charge in [0.2, 0.25) is 0 Å². The topological polar surface area (TPSA) is 59.1 Å². The van der Waals surface area contributed by atoms with Crippen molar-refractivity contribution >= 4 is 29.0 Å². The number of hydrogen-bond acceptors (Lipinski definition) is 3. The summed E-state index contributed by atoms with van der Waals surface area (Å²) in [7, 11) is 0. The van der Waals surface area contributed by atoms with E-state index in [0.717, 1.165) is 0 Å². The zero-order valence-electron chi connectivity index (χ0n) is 10.2. The number of nitrogens with zero attached hydrogens (tertiary/aromatic N) is 1. The summed E-state index contributed by atoms with van der Waals surface area (Å²) in [5.41, 5.74) is 1.64. The van der Waals surface area contributed by atoms with Gasteiger partial charge in [-0.05, 0) is 43.3 Å². The molecule has 2 aromatic rings. The predicted molar refractivity (Wildman–Crippen MR) is 73.6 cm³/mol. The fourth-order valence-corrected chi connectivity index (χ4v) is 1.71. The van der Waals surface area contributed by atoms with Crippen molar-refractivity contribution in [1.29, 1.82) is 0 Å². The Labute approximate surface area is 115 Å².